The molecule has 0 unspecified atom stereocenters. The summed E-state index contributed by atoms with van der Waals surface area (Å²) in [5, 5.41) is 17.1. The van der Waals surface area contributed by atoms with E-state index < -0.39 is 0 Å². The summed E-state index contributed by atoms with van der Waals surface area (Å²) in [6.45, 7) is 5.52. The third-order valence-corrected chi connectivity index (χ3v) is 6.43. The summed E-state index contributed by atoms with van der Waals surface area (Å²) in [6.07, 6.45) is 21.6. The fourth-order valence-electron chi connectivity index (χ4n) is 4.36. The molecule has 0 aliphatic heterocycles. The fraction of sp³-hybridized carbons (Fsp3) is 0.308. The number of allylic oxidation sites excluding steroid dienone is 8. The number of hydrogen-bond acceptors (Lipinski definition) is 5. The molecule has 7 heteroatoms. The lowest BCUT2D eigenvalue weighted by Gasteiger charge is -2.22. The van der Waals surface area contributed by atoms with E-state index in [0.29, 0.717) is 12.5 Å². The first-order chi connectivity index (χ1) is 16.1. The lowest BCUT2D eigenvalue weighted by molar-refractivity contribution is 0.405. The third-order valence-electron chi connectivity index (χ3n) is 6.15. The zero-order valence-corrected chi connectivity index (χ0v) is 19.6. The van der Waals surface area contributed by atoms with E-state index in [1.165, 1.54) is 38.3 Å². The van der Waals surface area contributed by atoms with Crippen LogP contribution in [0.3, 0.4) is 0 Å². The summed E-state index contributed by atoms with van der Waals surface area (Å²) < 4.78 is 1.85. The minimum Gasteiger partial charge on any atom is -0.388 e. The number of aryl methyl sites for hydroxylation is 1. The maximum absolute atomic E-state index is 7.97. The molecule has 2 aliphatic rings. The predicted octanol–water partition coefficient (Wildman–Crippen LogP) is 6.00. The van der Waals surface area contributed by atoms with Gasteiger partial charge < -0.3 is 10.7 Å². The lowest BCUT2D eigenvalue weighted by atomic mass is 9.95. The van der Waals surface area contributed by atoms with Crippen molar-refractivity contribution < 1.29 is 0 Å². The van der Waals surface area contributed by atoms with E-state index in [9.17, 15) is 0 Å². The molecular weight excluding hydrogens is 432 g/mol. The van der Waals surface area contributed by atoms with Crippen molar-refractivity contribution in [3.63, 3.8) is 0 Å². The second kappa shape index (κ2) is 10.6. The van der Waals surface area contributed by atoms with Crippen LogP contribution >= 0.6 is 11.6 Å². The highest BCUT2D eigenvalue weighted by molar-refractivity contribution is 6.31. The summed E-state index contributed by atoms with van der Waals surface area (Å²) in [6, 6.07) is 2.48. The van der Waals surface area contributed by atoms with Crippen LogP contribution in [0, 0.1) is 12.3 Å². The number of nitrogens with one attached hydrogen (secondary N) is 2. The van der Waals surface area contributed by atoms with Crippen LogP contribution in [-0.2, 0) is 0 Å². The van der Waals surface area contributed by atoms with Crippen molar-refractivity contribution in [2.45, 2.75) is 51.5 Å². The molecule has 4 rings (SSSR count). The van der Waals surface area contributed by atoms with Crippen molar-refractivity contribution >= 4 is 41.3 Å². The van der Waals surface area contributed by atoms with Crippen molar-refractivity contribution in [2.75, 3.05) is 0 Å². The molecule has 1 fully saturated rings. The zero-order chi connectivity index (χ0) is 23.2. The molecule has 0 bridgehead atoms. The monoisotopic (exact) mass is 460 g/mol. The highest BCUT2D eigenvalue weighted by Gasteiger charge is 2.16. The summed E-state index contributed by atoms with van der Waals surface area (Å²) in [7, 11) is 0. The summed E-state index contributed by atoms with van der Waals surface area (Å²) >= 11 is 6.11. The van der Waals surface area contributed by atoms with Crippen LogP contribution < -0.4 is 5.32 Å². The van der Waals surface area contributed by atoms with E-state index in [4.69, 9.17) is 22.1 Å². The molecule has 2 N–H and O–H groups in total. The Bertz CT molecular complexity index is 1200. The fourth-order valence-corrected chi connectivity index (χ4v) is 4.50. The Morgan fingerprint density at radius 3 is 2.82 bits per heavy atom. The number of aliphatic imine (C=N–C) groups is 1. The summed E-state index contributed by atoms with van der Waals surface area (Å²) in [4.78, 5) is 8.50. The van der Waals surface area contributed by atoms with Crippen LogP contribution in [0.25, 0.3) is 16.8 Å². The number of hydrogen-bond donors (Lipinski definition) is 2. The second-order valence-corrected chi connectivity index (χ2v) is 8.80. The van der Waals surface area contributed by atoms with Crippen LogP contribution in [0.5, 0.6) is 0 Å². The van der Waals surface area contributed by atoms with Gasteiger partial charge in [0.1, 0.15) is 0 Å². The van der Waals surface area contributed by atoms with Gasteiger partial charge in [-0.2, -0.15) is 5.10 Å². The number of nitrogens with zero attached hydrogens (tertiary/aromatic N) is 4. The first-order valence-corrected chi connectivity index (χ1v) is 11.7. The lowest BCUT2D eigenvalue weighted by Crippen LogP contribution is -2.27. The maximum atomic E-state index is 7.97. The Balaban J connectivity index is 1.72. The number of halogens is 1. The Hall–Kier alpha value is -3.25. The summed E-state index contributed by atoms with van der Waals surface area (Å²) in [5.41, 5.74) is 6.20. The Morgan fingerprint density at radius 1 is 1.30 bits per heavy atom. The Labute approximate surface area is 199 Å². The SMILES string of the molecule is C=N/C=C\C(=C1\C=CC(Cl)=CC1)c1cnc2cc(/C(C=N)=C/NC3CCCCC3)c(C)nn12. The molecule has 2 heterocycles. The number of rotatable bonds is 7. The molecule has 0 spiro atoms. The quantitative estimate of drug-likeness (QED) is 0.497. The highest BCUT2D eigenvalue weighted by atomic mass is 35.5. The maximum Gasteiger partial charge on any atom is 0.154 e. The van der Waals surface area contributed by atoms with Gasteiger partial charge in [0, 0.05) is 46.4 Å². The van der Waals surface area contributed by atoms with Crippen molar-refractivity contribution in [3.8, 4) is 0 Å². The molecule has 2 aromatic rings. The molecule has 2 aliphatic carbocycles. The van der Waals surface area contributed by atoms with E-state index in [-0.39, 0.29) is 0 Å². The van der Waals surface area contributed by atoms with Gasteiger partial charge in [-0.1, -0.05) is 43.0 Å². The van der Waals surface area contributed by atoms with Gasteiger partial charge in [0.25, 0.3) is 0 Å². The topological polar surface area (TPSA) is 78.4 Å². The first-order valence-electron chi connectivity index (χ1n) is 11.3. The van der Waals surface area contributed by atoms with Gasteiger partial charge >= 0.3 is 0 Å². The van der Waals surface area contributed by atoms with Crippen LogP contribution in [-0.4, -0.2) is 33.6 Å². The van der Waals surface area contributed by atoms with Crippen molar-refractivity contribution in [2.24, 2.45) is 4.99 Å². The largest absolute Gasteiger partial charge is 0.388 e. The van der Waals surface area contributed by atoms with E-state index in [1.807, 2.05) is 54.2 Å². The first kappa shape index (κ1) is 22.9. The minimum absolute atomic E-state index is 0.481. The molecule has 0 atom stereocenters. The highest BCUT2D eigenvalue weighted by Crippen LogP contribution is 2.29. The van der Waals surface area contributed by atoms with Crippen LogP contribution in [0.2, 0.25) is 0 Å². The molecule has 6 nitrogen and oxygen atoms in total. The van der Waals surface area contributed by atoms with Crippen molar-refractivity contribution in [1.82, 2.24) is 19.9 Å². The van der Waals surface area contributed by atoms with E-state index in [1.54, 1.807) is 6.20 Å². The van der Waals surface area contributed by atoms with Crippen LogP contribution in [0.4, 0.5) is 0 Å². The normalized spacial score (nSPS) is 19.1. The third kappa shape index (κ3) is 5.22. The van der Waals surface area contributed by atoms with Crippen molar-refractivity contribution in [1.29, 1.82) is 5.41 Å². The zero-order valence-electron chi connectivity index (χ0n) is 18.9. The molecule has 33 heavy (non-hydrogen) atoms. The Morgan fingerprint density at radius 2 is 2.12 bits per heavy atom. The van der Waals surface area contributed by atoms with Gasteiger partial charge in [-0.25, -0.2) is 9.50 Å². The number of aromatic nitrogens is 3. The second-order valence-electron chi connectivity index (χ2n) is 8.37. The molecule has 170 valence electrons. The van der Waals surface area contributed by atoms with Gasteiger partial charge in [0.05, 0.1) is 17.6 Å². The van der Waals surface area contributed by atoms with Crippen LogP contribution in [0.15, 0.2) is 64.6 Å². The van der Waals surface area contributed by atoms with Crippen molar-refractivity contribution in [3.05, 3.63) is 76.5 Å². The molecule has 1 saturated carbocycles. The average molecular weight is 461 g/mol. The minimum atomic E-state index is 0.481. The average Bonchev–Trinajstić information content (AvgIpc) is 3.24. The molecular formula is C26H29ClN6. The van der Waals surface area contributed by atoms with Gasteiger partial charge in [0.2, 0.25) is 0 Å². The predicted molar refractivity (Wildman–Crippen MR) is 138 cm³/mol. The van der Waals surface area contributed by atoms with E-state index in [2.05, 4.69) is 22.0 Å². The van der Waals surface area contributed by atoms with Gasteiger partial charge in [0.15, 0.2) is 5.65 Å². The smallest absolute Gasteiger partial charge is 0.154 e. The van der Waals surface area contributed by atoms with Gasteiger partial charge in [-0.3, -0.25) is 4.99 Å². The number of imidazole rings is 1. The molecule has 0 radical (unpaired) electrons. The molecule has 0 aromatic carbocycles. The molecule has 0 amide bonds. The summed E-state index contributed by atoms with van der Waals surface area (Å²) in [5.74, 6) is 0. The molecule has 0 saturated heterocycles. The Kier molecular flexibility index (Phi) is 7.35. The molecule has 2 aromatic heterocycles. The van der Waals surface area contributed by atoms with Gasteiger partial charge in [-0.15, -0.1) is 0 Å². The van der Waals surface area contributed by atoms with Crippen LogP contribution in [0.1, 0.15) is 55.5 Å². The number of fused-ring (bicyclic) bond motifs is 1. The van der Waals surface area contributed by atoms with Gasteiger partial charge in [-0.05, 0) is 56.7 Å². The van der Waals surface area contributed by atoms with E-state index in [0.717, 1.165) is 44.4 Å². The van der Waals surface area contributed by atoms with E-state index >= 15 is 0 Å². The standard InChI is InChI=1S/C26H29ClN6/c1-18-24(20(15-28)16-30-22-6-4-3-5-7-22)14-26-31-17-25(33(26)32-18)23(12-13-29-2)19-8-10-21(27)11-9-19/h8,10-17,22,28,30H,2-7,9H2,1H3/b13-12-,20-16+,23-19+,28-15?.